The Labute approximate surface area is 89.0 Å². The molecular weight excluding hydrogens is 214 g/mol. The number of hydrazine groups is 1. The number of amidine groups is 1. The summed E-state index contributed by atoms with van der Waals surface area (Å²) in [6.07, 6.45) is 0. The smallest absolute Gasteiger partial charge is 0.278 e. The van der Waals surface area contributed by atoms with Crippen LogP contribution >= 0.6 is 0 Å². The van der Waals surface area contributed by atoms with Crippen LogP contribution in [0, 0.1) is 12.3 Å². The highest BCUT2D eigenvalue weighted by Crippen LogP contribution is 2.13. The molecule has 0 saturated carbocycles. The summed E-state index contributed by atoms with van der Waals surface area (Å²) in [5.41, 5.74) is 0.962. The highest BCUT2D eigenvalue weighted by Gasteiger charge is 2.21. The summed E-state index contributed by atoms with van der Waals surface area (Å²) in [6, 6.07) is 6.29. The molecule has 1 aromatic carbocycles. The molecule has 1 aromatic rings. The predicted octanol–water partition coefficient (Wildman–Crippen LogP) is 0.857. The first-order valence-corrected chi connectivity index (χ1v) is 5.71. The molecule has 0 aliphatic carbocycles. The zero-order chi connectivity index (χ0) is 11.6. The van der Waals surface area contributed by atoms with Crippen LogP contribution in [0.3, 0.4) is 0 Å². The average molecular weight is 227 g/mol. The van der Waals surface area contributed by atoms with Crippen molar-refractivity contribution in [3.05, 3.63) is 29.8 Å². The molecule has 82 valence electrons. The van der Waals surface area contributed by atoms with E-state index in [2.05, 4.69) is 0 Å². The number of nitrogens with two attached hydrogens (primary N) is 1. The topological polar surface area (TPSA) is 87.2 Å². The van der Waals surface area contributed by atoms with Crippen LogP contribution in [-0.2, 0) is 10.0 Å². The summed E-state index contributed by atoms with van der Waals surface area (Å²) >= 11 is 0. The number of hydrogen-bond donors (Lipinski definition) is 2. The number of aryl methyl sites for hydroxylation is 1. The quantitative estimate of drug-likeness (QED) is 0.340. The Hall–Kier alpha value is -1.40. The van der Waals surface area contributed by atoms with Gasteiger partial charge >= 0.3 is 0 Å². The summed E-state index contributed by atoms with van der Waals surface area (Å²) in [5, 5.41) is 7.17. The van der Waals surface area contributed by atoms with Gasteiger partial charge in [-0.25, -0.2) is 5.84 Å². The summed E-state index contributed by atoms with van der Waals surface area (Å²) < 4.78 is 23.9. The highest BCUT2D eigenvalue weighted by molar-refractivity contribution is 7.89. The Morgan fingerprint density at radius 2 is 1.80 bits per heavy atom. The predicted molar refractivity (Wildman–Crippen MR) is 57.8 cm³/mol. The lowest BCUT2D eigenvalue weighted by atomic mass is 10.2. The van der Waals surface area contributed by atoms with Crippen LogP contribution in [0.4, 0.5) is 0 Å². The fourth-order valence-electron chi connectivity index (χ4n) is 1.00. The molecule has 3 N–H and O–H groups in total. The molecule has 0 fully saturated rings. The van der Waals surface area contributed by atoms with Crippen LogP contribution < -0.4 is 5.84 Å². The van der Waals surface area contributed by atoms with E-state index in [-0.39, 0.29) is 10.7 Å². The van der Waals surface area contributed by atoms with Gasteiger partial charge < -0.3 is 0 Å². The van der Waals surface area contributed by atoms with Gasteiger partial charge in [-0.15, -0.1) is 0 Å². The van der Waals surface area contributed by atoms with Gasteiger partial charge in [0.25, 0.3) is 10.0 Å². The Morgan fingerprint density at radius 3 is 2.20 bits per heavy atom. The van der Waals surface area contributed by atoms with E-state index in [1.54, 1.807) is 12.1 Å². The lowest BCUT2D eigenvalue weighted by molar-refractivity contribution is 0.530. The van der Waals surface area contributed by atoms with Gasteiger partial charge in [0.2, 0.25) is 0 Å². The van der Waals surface area contributed by atoms with Gasteiger partial charge in [-0.2, -0.15) is 12.8 Å². The number of hydrogen-bond acceptors (Lipinski definition) is 4. The zero-order valence-corrected chi connectivity index (χ0v) is 9.38. The van der Waals surface area contributed by atoms with Gasteiger partial charge in [-0.3, -0.25) is 5.41 Å². The second-order valence-corrected chi connectivity index (χ2v) is 5.01. The molecule has 0 saturated heterocycles. The number of benzene rings is 1. The Bertz CT molecular complexity index is 465. The molecule has 0 aliphatic heterocycles. The molecule has 0 unspecified atom stereocenters. The van der Waals surface area contributed by atoms with Crippen molar-refractivity contribution in [3.8, 4) is 0 Å². The molecule has 15 heavy (non-hydrogen) atoms. The maximum absolute atomic E-state index is 11.7. The van der Waals surface area contributed by atoms with E-state index in [4.69, 9.17) is 11.3 Å². The van der Waals surface area contributed by atoms with Crippen molar-refractivity contribution in [1.29, 1.82) is 5.41 Å². The average Bonchev–Trinajstić information content (AvgIpc) is 2.17. The minimum Gasteiger partial charge on any atom is -0.287 e. The molecule has 0 aromatic heterocycles. The van der Waals surface area contributed by atoms with Gasteiger partial charge in [0.05, 0.1) is 4.90 Å². The molecule has 0 amide bonds. The first-order chi connectivity index (χ1) is 6.85. The third kappa shape index (κ3) is 2.34. The van der Waals surface area contributed by atoms with Crippen molar-refractivity contribution in [3.63, 3.8) is 0 Å². The first kappa shape index (κ1) is 11.7. The molecule has 0 heterocycles. The zero-order valence-electron chi connectivity index (χ0n) is 8.56. The van der Waals surface area contributed by atoms with Crippen molar-refractivity contribution >= 4 is 15.9 Å². The van der Waals surface area contributed by atoms with Crippen LogP contribution in [-0.4, -0.2) is 18.7 Å². The second-order valence-electron chi connectivity index (χ2n) is 3.20. The van der Waals surface area contributed by atoms with Crippen molar-refractivity contribution < 1.29 is 8.42 Å². The highest BCUT2D eigenvalue weighted by atomic mass is 32.2. The van der Waals surface area contributed by atoms with Gasteiger partial charge in [-0.1, -0.05) is 17.7 Å². The van der Waals surface area contributed by atoms with Crippen LogP contribution in [0.1, 0.15) is 12.5 Å². The minimum atomic E-state index is -3.77. The fourth-order valence-corrected chi connectivity index (χ4v) is 2.07. The van der Waals surface area contributed by atoms with Crippen molar-refractivity contribution in [2.45, 2.75) is 18.7 Å². The van der Waals surface area contributed by atoms with Crippen molar-refractivity contribution in [1.82, 2.24) is 4.41 Å². The standard InChI is InChI=1S/C9H13N3O2S/c1-7-3-5-9(6-4-7)15(13,14)12(11)8(2)10/h3-6,10H,11H2,1-2H3. The molecule has 5 nitrogen and oxygen atoms in total. The van der Waals surface area contributed by atoms with E-state index in [1.165, 1.54) is 19.1 Å². The third-order valence-corrected chi connectivity index (χ3v) is 3.57. The second kappa shape index (κ2) is 4.00. The SMILES string of the molecule is CC(=N)N(N)S(=O)(=O)c1ccc(C)cc1. The van der Waals surface area contributed by atoms with Gasteiger partial charge in [-0.05, 0) is 26.0 Å². The molecule has 0 radical (unpaired) electrons. The summed E-state index contributed by atoms with van der Waals surface area (Å²) in [4.78, 5) is 0.0854. The van der Waals surface area contributed by atoms with Gasteiger partial charge in [0.1, 0.15) is 5.84 Å². The lowest BCUT2D eigenvalue weighted by Crippen LogP contribution is -2.40. The maximum atomic E-state index is 11.7. The number of nitrogens with zero attached hydrogens (tertiary/aromatic N) is 1. The van der Waals surface area contributed by atoms with Gasteiger partial charge in [0.15, 0.2) is 0 Å². The number of sulfonamides is 1. The van der Waals surface area contributed by atoms with E-state index in [0.29, 0.717) is 4.41 Å². The van der Waals surface area contributed by atoms with E-state index >= 15 is 0 Å². The van der Waals surface area contributed by atoms with Gasteiger partial charge in [0, 0.05) is 0 Å². The normalized spacial score (nSPS) is 11.1. The van der Waals surface area contributed by atoms with E-state index in [1.807, 2.05) is 6.92 Å². The van der Waals surface area contributed by atoms with E-state index < -0.39 is 10.0 Å². The fraction of sp³-hybridized carbons (Fsp3) is 0.222. The third-order valence-electron chi connectivity index (χ3n) is 1.91. The molecule has 0 bridgehead atoms. The Morgan fingerprint density at radius 1 is 1.33 bits per heavy atom. The maximum Gasteiger partial charge on any atom is 0.278 e. The minimum absolute atomic E-state index is 0.0854. The molecule has 0 atom stereocenters. The van der Waals surface area contributed by atoms with Crippen molar-refractivity contribution in [2.24, 2.45) is 5.84 Å². The number of nitrogens with one attached hydrogen (secondary N) is 1. The van der Waals surface area contributed by atoms with E-state index in [9.17, 15) is 8.42 Å². The molecular formula is C9H13N3O2S. The van der Waals surface area contributed by atoms with Crippen LogP contribution in [0.5, 0.6) is 0 Å². The largest absolute Gasteiger partial charge is 0.287 e. The monoisotopic (exact) mass is 227 g/mol. The summed E-state index contributed by atoms with van der Waals surface area (Å²) in [5.74, 6) is 5.06. The molecule has 1 rings (SSSR count). The van der Waals surface area contributed by atoms with Crippen LogP contribution in [0.2, 0.25) is 0 Å². The Kier molecular flexibility index (Phi) is 3.11. The summed E-state index contributed by atoms with van der Waals surface area (Å²) in [7, 11) is -3.77. The molecule has 0 spiro atoms. The summed E-state index contributed by atoms with van der Waals surface area (Å²) in [6.45, 7) is 3.17. The van der Waals surface area contributed by atoms with E-state index in [0.717, 1.165) is 5.56 Å². The number of rotatable bonds is 2. The molecule has 0 aliphatic rings. The lowest BCUT2D eigenvalue weighted by Gasteiger charge is -2.16. The van der Waals surface area contributed by atoms with Crippen LogP contribution in [0.15, 0.2) is 29.2 Å². The van der Waals surface area contributed by atoms with Crippen LogP contribution in [0.25, 0.3) is 0 Å². The molecule has 6 heteroatoms. The Balaban J connectivity index is 3.17. The van der Waals surface area contributed by atoms with Crippen molar-refractivity contribution in [2.75, 3.05) is 0 Å². The first-order valence-electron chi connectivity index (χ1n) is 4.27.